The van der Waals surface area contributed by atoms with Crippen molar-refractivity contribution in [2.75, 3.05) is 19.5 Å². The number of imidazole rings is 1. The monoisotopic (exact) mass is 348 g/mol. The van der Waals surface area contributed by atoms with Crippen LogP contribution in [0.15, 0.2) is 48.7 Å². The molecule has 0 radical (unpaired) electrons. The molecule has 0 fully saturated rings. The zero-order valence-corrected chi connectivity index (χ0v) is 15.0. The van der Waals surface area contributed by atoms with Gasteiger partial charge in [-0.05, 0) is 24.3 Å². The average molecular weight is 348 g/mol. The van der Waals surface area contributed by atoms with E-state index >= 15 is 0 Å². The first-order valence-electron chi connectivity index (χ1n) is 8.36. The Labute approximate surface area is 151 Å². The molecule has 0 spiro atoms. The third kappa shape index (κ3) is 2.69. The maximum atomic E-state index is 5.41. The van der Waals surface area contributed by atoms with Crippen LogP contribution in [-0.4, -0.2) is 28.8 Å². The molecule has 26 heavy (non-hydrogen) atoms. The van der Waals surface area contributed by atoms with Gasteiger partial charge in [0.25, 0.3) is 0 Å². The number of rotatable bonds is 5. The molecule has 0 aliphatic rings. The maximum absolute atomic E-state index is 5.41. The van der Waals surface area contributed by atoms with E-state index in [2.05, 4.69) is 14.9 Å². The molecule has 132 valence electrons. The Morgan fingerprint density at radius 1 is 1.08 bits per heavy atom. The molecule has 2 heterocycles. The van der Waals surface area contributed by atoms with E-state index in [1.165, 1.54) is 0 Å². The molecule has 0 aliphatic heterocycles. The predicted molar refractivity (Wildman–Crippen MR) is 103 cm³/mol. The van der Waals surface area contributed by atoms with Crippen LogP contribution in [0, 0.1) is 0 Å². The van der Waals surface area contributed by atoms with Crippen LogP contribution < -0.4 is 14.8 Å². The van der Waals surface area contributed by atoms with E-state index in [9.17, 15) is 0 Å². The summed E-state index contributed by atoms with van der Waals surface area (Å²) >= 11 is 0. The lowest BCUT2D eigenvalue weighted by Crippen LogP contribution is -2.06. The second kappa shape index (κ2) is 6.55. The fraction of sp³-hybridized carbons (Fsp3) is 0.200. The molecule has 0 bridgehead atoms. The van der Waals surface area contributed by atoms with Crippen molar-refractivity contribution < 1.29 is 9.47 Å². The molecule has 0 saturated carbocycles. The van der Waals surface area contributed by atoms with Gasteiger partial charge in [-0.25, -0.2) is 4.98 Å². The Hall–Kier alpha value is -3.28. The number of pyridine rings is 1. The molecule has 2 aromatic carbocycles. The number of anilines is 1. The molecule has 0 amide bonds. The molecule has 2 aromatic heterocycles. The van der Waals surface area contributed by atoms with Crippen molar-refractivity contribution in [3.8, 4) is 11.5 Å². The number of hydrogen-bond acceptors (Lipinski definition) is 5. The van der Waals surface area contributed by atoms with E-state index in [1.54, 1.807) is 20.4 Å². The lowest BCUT2D eigenvalue weighted by molar-refractivity contribution is 0.415. The number of methoxy groups -OCH3 is 2. The number of aromatic nitrogens is 3. The van der Waals surface area contributed by atoms with Gasteiger partial charge in [-0.2, -0.15) is 0 Å². The van der Waals surface area contributed by atoms with E-state index in [0.717, 1.165) is 44.9 Å². The summed E-state index contributed by atoms with van der Waals surface area (Å²) in [5.74, 6) is 2.52. The van der Waals surface area contributed by atoms with Gasteiger partial charge in [-0.3, -0.25) is 4.98 Å². The van der Waals surface area contributed by atoms with Crippen LogP contribution in [-0.2, 0) is 13.6 Å². The van der Waals surface area contributed by atoms with Crippen LogP contribution in [0.5, 0.6) is 11.5 Å². The normalized spacial score (nSPS) is 11.0. The van der Waals surface area contributed by atoms with Crippen LogP contribution in [0.3, 0.4) is 0 Å². The summed E-state index contributed by atoms with van der Waals surface area (Å²) in [5, 5.41) is 4.50. The van der Waals surface area contributed by atoms with Gasteiger partial charge in [0.2, 0.25) is 0 Å². The molecule has 0 atom stereocenters. The minimum atomic E-state index is 0.601. The highest BCUT2D eigenvalue weighted by Gasteiger charge is 2.10. The Morgan fingerprint density at radius 3 is 2.77 bits per heavy atom. The minimum absolute atomic E-state index is 0.601. The molecule has 6 heteroatoms. The number of nitrogens with one attached hydrogen (secondary N) is 1. The summed E-state index contributed by atoms with van der Waals surface area (Å²) in [4.78, 5) is 9.17. The van der Waals surface area contributed by atoms with E-state index < -0.39 is 0 Å². The highest BCUT2D eigenvalue weighted by Crippen LogP contribution is 2.29. The van der Waals surface area contributed by atoms with Crippen LogP contribution in [0.4, 0.5) is 5.69 Å². The Balaban J connectivity index is 1.66. The largest absolute Gasteiger partial charge is 0.497 e. The lowest BCUT2D eigenvalue weighted by Gasteiger charge is -2.11. The summed E-state index contributed by atoms with van der Waals surface area (Å²) in [6.07, 6.45) is 1.78. The highest BCUT2D eigenvalue weighted by atomic mass is 16.5. The van der Waals surface area contributed by atoms with Gasteiger partial charge in [-0.1, -0.05) is 12.1 Å². The molecule has 6 nitrogen and oxygen atoms in total. The molecule has 0 unspecified atom stereocenters. The minimum Gasteiger partial charge on any atom is -0.497 e. The van der Waals surface area contributed by atoms with Crippen molar-refractivity contribution in [3.63, 3.8) is 0 Å². The standard InChI is InChI=1S/C20H20N4O2/c1-24-17-8-7-13(25-2)11-16(17)23-19(24)12-22-15-9-10-21-20-14(15)5-4-6-18(20)26-3/h4-11H,12H2,1-3H3,(H,21,22). The summed E-state index contributed by atoms with van der Waals surface area (Å²) in [5.41, 5.74) is 3.84. The van der Waals surface area contributed by atoms with Crippen LogP contribution in [0.2, 0.25) is 0 Å². The van der Waals surface area contributed by atoms with Gasteiger partial charge in [0, 0.05) is 30.4 Å². The average Bonchev–Trinajstić information content (AvgIpc) is 3.00. The smallest absolute Gasteiger partial charge is 0.145 e. The summed E-state index contributed by atoms with van der Waals surface area (Å²) in [7, 11) is 5.34. The van der Waals surface area contributed by atoms with Crippen LogP contribution in [0.1, 0.15) is 5.82 Å². The van der Waals surface area contributed by atoms with Gasteiger partial charge in [-0.15, -0.1) is 0 Å². The summed E-state index contributed by atoms with van der Waals surface area (Å²) in [6, 6.07) is 13.8. The highest BCUT2D eigenvalue weighted by molar-refractivity contribution is 5.94. The fourth-order valence-electron chi connectivity index (χ4n) is 3.16. The molecule has 4 aromatic rings. The first-order chi connectivity index (χ1) is 12.7. The van der Waals surface area contributed by atoms with E-state index in [1.807, 2.05) is 49.5 Å². The van der Waals surface area contributed by atoms with Crippen LogP contribution >= 0.6 is 0 Å². The molecule has 0 saturated heterocycles. The summed E-state index contributed by atoms with van der Waals surface area (Å²) in [6.45, 7) is 0.601. The number of fused-ring (bicyclic) bond motifs is 2. The van der Waals surface area contributed by atoms with Crippen molar-refractivity contribution in [1.29, 1.82) is 0 Å². The number of nitrogens with zero attached hydrogens (tertiary/aromatic N) is 3. The van der Waals surface area contributed by atoms with Crippen molar-refractivity contribution in [2.24, 2.45) is 7.05 Å². The number of benzene rings is 2. The number of aryl methyl sites for hydroxylation is 1. The second-order valence-electron chi connectivity index (χ2n) is 6.01. The number of para-hydroxylation sites is 1. The SMILES string of the molecule is COc1ccc2c(c1)nc(CNc1ccnc3c(OC)cccc13)n2C. The predicted octanol–water partition coefficient (Wildman–Crippen LogP) is 3.75. The van der Waals surface area contributed by atoms with Gasteiger partial charge in [0.1, 0.15) is 22.8 Å². The molecular weight excluding hydrogens is 328 g/mol. The molecule has 4 rings (SSSR count). The van der Waals surface area contributed by atoms with Crippen molar-refractivity contribution in [1.82, 2.24) is 14.5 Å². The quantitative estimate of drug-likeness (QED) is 0.595. The third-order valence-electron chi connectivity index (χ3n) is 4.57. The first-order valence-corrected chi connectivity index (χ1v) is 8.36. The van der Waals surface area contributed by atoms with Crippen molar-refractivity contribution in [3.05, 3.63) is 54.5 Å². The third-order valence-corrected chi connectivity index (χ3v) is 4.57. The molecule has 0 aliphatic carbocycles. The first kappa shape index (κ1) is 16.2. The molecular formula is C20H20N4O2. The van der Waals surface area contributed by atoms with Gasteiger partial charge >= 0.3 is 0 Å². The topological polar surface area (TPSA) is 61.2 Å². The Kier molecular flexibility index (Phi) is 4.08. The number of hydrogen-bond donors (Lipinski definition) is 1. The Bertz CT molecular complexity index is 1090. The zero-order valence-electron chi connectivity index (χ0n) is 15.0. The van der Waals surface area contributed by atoms with Gasteiger partial charge in [0.05, 0.1) is 31.8 Å². The second-order valence-corrected chi connectivity index (χ2v) is 6.01. The van der Waals surface area contributed by atoms with Crippen molar-refractivity contribution >= 4 is 27.6 Å². The zero-order chi connectivity index (χ0) is 18.1. The maximum Gasteiger partial charge on any atom is 0.145 e. The fourth-order valence-corrected chi connectivity index (χ4v) is 3.16. The van der Waals surface area contributed by atoms with Gasteiger partial charge in [0.15, 0.2) is 0 Å². The molecule has 1 N–H and O–H groups in total. The lowest BCUT2D eigenvalue weighted by atomic mass is 10.1. The Morgan fingerprint density at radius 2 is 1.96 bits per heavy atom. The summed E-state index contributed by atoms with van der Waals surface area (Å²) < 4.78 is 12.8. The van der Waals surface area contributed by atoms with E-state index in [-0.39, 0.29) is 0 Å². The number of ether oxygens (including phenoxy) is 2. The van der Waals surface area contributed by atoms with Gasteiger partial charge < -0.3 is 19.4 Å². The van der Waals surface area contributed by atoms with E-state index in [4.69, 9.17) is 14.5 Å². The van der Waals surface area contributed by atoms with Crippen molar-refractivity contribution in [2.45, 2.75) is 6.54 Å². The van der Waals surface area contributed by atoms with Crippen LogP contribution in [0.25, 0.3) is 21.9 Å². The van der Waals surface area contributed by atoms with E-state index in [0.29, 0.717) is 6.54 Å².